The van der Waals surface area contributed by atoms with Crippen molar-refractivity contribution in [3.05, 3.63) is 59.2 Å². The van der Waals surface area contributed by atoms with E-state index in [0.717, 1.165) is 67.8 Å². The van der Waals surface area contributed by atoms with E-state index in [1.165, 1.54) is 4.31 Å². The van der Waals surface area contributed by atoms with Gasteiger partial charge in [0.1, 0.15) is 0 Å². The normalized spacial score (nSPS) is 17.5. The third-order valence-corrected chi connectivity index (χ3v) is 7.30. The van der Waals surface area contributed by atoms with Crippen LogP contribution in [0.5, 0.6) is 0 Å². The highest BCUT2D eigenvalue weighted by Gasteiger charge is 2.34. The zero-order valence-electron chi connectivity index (χ0n) is 17.6. The first-order chi connectivity index (χ1) is 14.0. The molecule has 1 aliphatic heterocycles. The van der Waals surface area contributed by atoms with Gasteiger partial charge in [0.05, 0.1) is 16.6 Å². The van der Waals surface area contributed by atoms with Gasteiger partial charge in [-0.3, -0.25) is 4.31 Å². The summed E-state index contributed by atoms with van der Waals surface area (Å²) in [6, 6.07) is 13.4. The number of benzene rings is 2. The Morgan fingerprint density at radius 3 is 2.59 bits per heavy atom. The highest BCUT2D eigenvalue weighted by molar-refractivity contribution is 7.92. The third kappa shape index (κ3) is 4.82. The molecule has 158 valence electrons. The minimum Gasteiger partial charge on any atom is -0.382 e. The van der Waals surface area contributed by atoms with Crippen LogP contribution in [0.4, 0.5) is 5.69 Å². The van der Waals surface area contributed by atoms with Crippen molar-refractivity contribution in [3.8, 4) is 0 Å². The number of unbranched alkanes of at least 4 members (excludes halogenated alkanes) is 3. The fourth-order valence-corrected chi connectivity index (χ4v) is 5.40. The molecule has 0 amide bonds. The lowest BCUT2D eigenvalue weighted by Crippen LogP contribution is -2.26. The summed E-state index contributed by atoms with van der Waals surface area (Å²) in [4.78, 5) is 0.394. The predicted octanol–water partition coefficient (Wildman–Crippen LogP) is 4.41. The molecule has 0 spiro atoms. The number of nitrogens with zero attached hydrogens (tertiary/aromatic N) is 1. The SMILES string of the molecule is CCOCCCCCCNC1c2ccccc2N(C)S(=O)(=O)c2cc(C)ccc21. The van der Waals surface area contributed by atoms with Crippen LogP contribution in [-0.4, -0.2) is 35.2 Å². The molecule has 1 aliphatic rings. The van der Waals surface area contributed by atoms with Crippen molar-refractivity contribution < 1.29 is 13.2 Å². The maximum Gasteiger partial charge on any atom is 0.264 e. The van der Waals surface area contributed by atoms with Crippen LogP contribution in [0, 0.1) is 6.92 Å². The van der Waals surface area contributed by atoms with Gasteiger partial charge in [-0.25, -0.2) is 8.42 Å². The number of hydrogen-bond acceptors (Lipinski definition) is 4. The molecule has 1 unspecified atom stereocenters. The largest absolute Gasteiger partial charge is 0.382 e. The molecule has 3 rings (SSSR count). The number of sulfonamides is 1. The number of ether oxygens (including phenoxy) is 1. The number of rotatable bonds is 9. The van der Waals surface area contributed by atoms with Crippen molar-refractivity contribution in [3.63, 3.8) is 0 Å². The Hall–Kier alpha value is -1.89. The lowest BCUT2D eigenvalue weighted by atomic mass is 9.96. The molecule has 29 heavy (non-hydrogen) atoms. The van der Waals surface area contributed by atoms with Crippen LogP contribution < -0.4 is 9.62 Å². The van der Waals surface area contributed by atoms with Gasteiger partial charge < -0.3 is 10.1 Å². The molecule has 6 heteroatoms. The first-order valence-electron chi connectivity index (χ1n) is 10.5. The molecule has 0 fully saturated rings. The Morgan fingerprint density at radius 2 is 1.79 bits per heavy atom. The van der Waals surface area contributed by atoms with E-state index in [0.29, 0.717) is 4.90 Å². The summed E-state index contributed by atoms with van der Waals surface area (Å²) in [5, 5.41) is 3.63. The minimum absolute atomic E-state index is 0.148. The summed E-state index contributed by atoms with van der Waals surface area (Å²) in [6.45, 7) is 6.39. The van der Waals surface area contributed by atoms with E-state index < -0.39 is 10.0 Å². The van der Waals surface area contributed by atoms with Gasteiger partial charge in [-0.05, 0) is 62.1 Å². The fraction of sp³-hybridized carbons (Fsp3) is 0.478. The Balaban J connectivity index is 1.82. The van der Waals surface area contributed by atoms with Crippen LogP contribution in [0.15, 0.2) is 47.4 Å². The van der Waals surface area contributed by atoms with Crippen molar-refractivity contribution >= 4 is 15.7 Å². The lowest BCUT2D eigenvalue weighted by molar-refractivity contribution is 0.143. The maximum absolute atomic E-state index is 13.3. The number of fused-ring (bicyclic) bond motifs is 2. The molecule has 2 aromatic rings. The zero-order chi connectivity index (χ0) is 20.9. The molecule has 0 aliphatic carbocycles. The Labute approximate surface area is 175 Å². The van der Waals surface area contributed by atoms with Gasteiger partial charge in [0, 0.05) is 20.3 Å². The van der Waals surface area contributed by atoms with Gasteiger partial charge in [-0.1, -0.05) is 43.2 Å². The van der Waals surface area contributed by atoms with Crippen molar-refractivity contribution in [2.75, 3.05) is 31.1 Å². The second kappa shape index (κ2) is 9.74. The summed E-state index contributed by atoms with van der Waals surface area (Å²) >= 11 is 0. The highest BCUT2D eigenvalue weighted by Crippen LogP contribution is 2.40. The number of aryl methyl sites for hydroxylation is 1. The first-order valence-corrected chi connectivity index (χ1v) is 11.9. The van der Waals surface area contributed by atoms with Crippen LogP contribution >= 0.6 is 0 Å². The minimum atomic E-state index is -3.59. The van der Waals surface area contributed by atoms with Crippen molar-refractivity contribution in [1.82, 2.24) is 5.32 Å². The van der Waals surface area contributed by atoms with E-state index in [4.69, 9.17) is 4.74 Å². The maximum atomic E-state index is 13.3. The topological polar surface area (TPSA) is 58.6 Å². The van der Waals surface area contributed by atoms with Crippen LogP contribution in [-0.2, 0) is 14.8 Å². The quantitative estimate of drug-likeness (QED) is 0.615. The molecule has 0 saturated carbocycles. The molecule has 2 aromatic carbocycles. The van der Waals surface area contributed by atoms with E-state index in [1.807, 2.05) is 50.2 Å². The van der Waals surface area contributed by atoms with Gasteiger partial charge in [0.2, 0.25) is 0 Å². The summed E-state index contributed by atoms with van der Waals surface area (Å²) < 4.78 is 33.3. The van der Waals surface area contributed by atoms with E-state index >= 15 is 0 Å². The predicted molar refractivity (Wildman–Crippen MR) is 118 cm³/mol. The van der Waals surface area contributed by atoms with Crippen LogP contribution in [0.2, 0.25) is 0 Å². The zero-order valence-corrected chi connectivity index (χ0v) is 18.5. The van der Waals surface area contributed by atoms with Crippen molar-refractivity contribution in [2.45, 2.75) is 50.5 Å². The smallest absolute Gasteiger partial charge is 0.264 e. The number of anilines is 1. The van der Waals surface area contributed by atoms with Gasteiger partial charge in [0.25, 0.3) is 10.0 Å². The third-order valence-electron chi connectivity index (χ3n) is 5.47. The molecule has 1 heterocycles. The fourth-order valence-electron chi connectivity index (χ4n) is 3.86. The molecular formula is C23H32N2O3S. The Bertz CT molecular complexity index is 927. The van der Waals surface area contributed by atoms with Gasteiger partial charge in [0.15, 0.2) is 0 Å². The van der Waals surface area contributed by atoms with Crippen molar-refractivity contribution in [2.24, 2.45) is 0 Å². The molecule has 1 atom stereocenters. The second-order valence-electron chi connectivity index (χ2n) is 7.57. The lowest BCUT2D eigenvalue weighted by Gasteiger charge is -2.22. The Morgan fingerprint density at radius 1 is 1.03 bits per heavy atom. The summed E-state index contributed by atoms with van der Waals surface area (Å²) in [5.41, 5.74) is 3.50. The molecule has 0 bridgehead atoms. The summed E-state index contributed by atoms with van der Waals surface area (Å²) in [5.74, 6) is 0. The van der Waals surface area contributed by atoms with Crippen LogP contribution in [0.1, 0.15) is 55.3 Å². The molecule has 0 aromatic heterocycles. The van der Waals surface area contributed by atoms with E-state index in [-0.39, 0.29) is 6.04 Å². The number of para-hydroxylation sites is 1. The monoisotopic (exact) mass is 416 g/mol. The molecule has 5 nitrogen and oxygen atoms in total. The van der Waals surface area contributed by atoms with Crippen LogP contribution in [0.3, 0.4) is 0 Å². The van der Waals surface area contributed by atoms with Gasteiger partial charge >= 0.3 is 0 Å². The average molecular weight is 417 g/mol. The van der Waals surface area contributed by atoms with Gasteiger partial charge in [-0.15, -0.1) is 0 Å². The van der Waals surface area contributed by atoms with Crippen molar-refractivity contribution in [1.29, 1.82) is 0 Å². The molecule has 0 saturated heterocycles. The average Bonchev–Trinajstić information content (AvgIpc) is 2.78. The number of hydrogen-bond donors (Lipinski definition) is 1. The first kappa shape index (κ1) is 21.8. The molecule has 0 radical (unpaired) electrons. The molecular weight excluding hydrogens is 384 g/mol. The second-order valence-corrected chi connectivity index (χ2v) is 9.51. The van der Waals surface area contributed by atoms with E-state index in [1.54, 1.807) is 13.1 Å². The van der Waals surface area contributed by atoms with Crippen LogP contribution in [0.25, 0.3) is 0 Å². The summed E-state index contributed by atoms with van der Waals surface area (Å²) in [7, 11) is -1.95. The Kier molecular flexibility index (Phi) is 7.33. The standard InChI is InChI=1S/C23H32N2O3S/c1-4-28-16-10-6-5-9-15-24-23-19-11-7-8-12-21(19)25(3)29(26,27)22-17-18(2)13-14-20(22)23/h7-8,11-14,17,23-24H,4-6,9-10,15-16H2,1-3H3. The molecule has 1 N–H and O–H groups in total. The highest BCUT2D eigenvalue weighted by atomic mass is 32.2. The van der Waals surface area contributed by atoms with E-state index in [9.17, 15) is 8.42 Å². The number of nitrogens with one attached hydrogen (secondary N) is 1. The van der Waals surface area contributed by atoms with Gasteiger partial charge in [-0.2, -0.15) is 0 Å². The van der Waals surface area contributed by atoms with E-state index in [2.05, 4.69) is 5.32 Å². The summed E-state index contributed by atoms with van der Waals surface area (Å²) in [6.07, 6.45) is 4.42.